The van der Waals surface area contributed by atoms with E-state index in [1.165, 1.54) is 0 Å². The number of methoxy groups -OCH3 is 2. The van der Waals surface area contributed by atoms with Crippen LogP contribution in [0.4, 0.5) is 0 Å². The minimum atomic E-state index is -1.37. The fourth-order valence-corrected chi connectivity index (χ4v) is 2.23. The highest BCUT2D eigenvalue weighted by atomic mass is 16.6. The summed E-state index contributed by atoms with van der Waals surface area (Å²) in [5.74, 6) is -4.01. The Hall–Kier alpha value is -2.44. The first kappa shape index (κ1) is 16.6. The number of carbonyl (C=O) groups is 2. The molecule has 1 aromatic carbocycles. The summed E-state index contributed by atoms with van der Waals surface area (Å²) in [6, 6.07) is 6.88. The fraction of sp³-hybridized carbons (Fsp3) is 0.429. The molecule has 1 aromatic rings. The molecule has 7 heteroatoms. The van der Waals surface area contributed by atoms with Gasteiger partial charge in [-0.3, -0.25) is 19.7 Å². The Kier molecular flexibility index (Phi) is 5.83. The molecule has 0 N–H and O–H groups in total. The molecular weight excluding hydrogens is 278 g/mol. The standard InChI is InChI=1S/C14H17NO6/c1-9-6-4-5-7-10(9)11(8-15(18)19)12(13(16)20-2)14(17)21-3/h4-7,11-12H,8H2,1-3H3. The van der Waals surface area contributed by atoms with Crippen LogP contribution in [0.2, 0.25) is 0 Å². The van der Waals surface area contributed by atoms with Gasteiger partial charge in [0.2, 0.25) is 6.54 Å². The van der Waals surface area contributed by atoms with Crippen molar-refractivity contribution < 1.29 is 24.0 Å². The van der Waals surface area contributed by atoms with Crippen LogP contribution >= 0.6 is 0 Å². The van der Waals surface area contributed by atoms with Gasteiger partial charge < -0.3 is 9.47 Å². The molecular formula is C14H17NO6. The van der Waals surface area contributed by atoms with Crippen molar-refractivity contribution in [2.45, 2.75) is 12.8 Å². The number of nitro groups is 1. The molecule has 21 heavy (non-hydrogen) atoms. The van der Waals surface area contributed by atoms with Gasteiger partial charge >= 0.3 is 11.9 Å². The number of hydrogen-bond acceptors (Lipinski definition) is 6. The monoisotopic (exact) mass is 295 g/mol. The quantitative estimate of drug-likeness (QED) is 0.340. The highest BCUT2D eigenvalue weighted by Gasteiger charge is 2.41. The van der Waals surface area contributed by atoms with Gasteiger partial charge in [0.1, 0.15) is 0 Å². The van der Waals surface area contributed by atoms with E-state index in [2.05, 4.69) is 9.47 Å². The summed E-state index contributed by atoms with van der Waals surface area (Å²) in [6.45, 7) is 1.19. The second-order valence-corrected chi connectivity index (χ2v) is 4.50. The van der Waals surface area contributed by atoms with Crippen LogP contribution < -0.4 is 0 Å². The Morgan fingerprint density at radius 1 is 1.19 bits per heavy atom. The zero-order chi connectivity index (χ0) is 16.0. The van der Waals surface area contributed by atoms with Crippen molar-refractivity contribution in [3.05, 3.63) is 45.5 Å². The lowest BCUT2D eigenvalue weighted by Crippen LogP contribution is -2.35. The summed E-state index contributed by atoms with van der Waals surface area (Å²) in [5, 5.41) is 10.9. The molecule has 1 rings (SSSR count). The Labute approximate surface area is 122 Å². The molecule has 0 spiro atoms. The van der Waals surface area contributed by atoms with E-state index in [0.29, 0.717) is 5.56 Å². The van der Waals surface area contributed by atoms with E-state index >= 15 is 0 Å². The third-order valence-electron chi connectivity index (χ3n) is 3.25. The van der Waals surface area contributed by atoms with Gasteiger partial charge in [0.15, 0.2) is 5.92 Å². The Balaban J connectivity index is 3.33. The zero-order valence-corrected chi connectivity index (χ0v) is 12.1. The molecule has 0 aliphatic carbocycles. The minimum Gasteiger partial charge on any atom is -0.468 e. The predicted octanol–water partition coefficient (Wildman–Crippen LogP) is 1.32. The maximum Gasteiger partial charge on any atom is 0.320 e. The molecule has 114 valence electrons. The van der Waals surface area contributed by atoms with Crippen molar-refractivity contribution in [3.63, 3.8) is 0 Å². The number of aryl methyl sites for hydroxylation is 1. The van der Waals surface area contributed by atoms with Crippen LogP contribution in [0, 0.1) is 23.0 Å². The lowest BCUT2D eigenvalue weighted by molar-refractivity contribution is -0.484. The first-order valence-corrected chi connectivity index (χ1v) is 6.25. The van der Waals surface area contributed by atoms with Gasteiger partial charge in [0, 0.05) is 4.92 Å². The molecule has 1 atom stereocenters. The molecule has 0 heterocycles. The summed E-state index contributed by atoms with van der Waals surface area (Å²) in [7, 11) is 2.25. The molecule has 0 saturated carbocycles. The lowest BCUT2D eigenvalue weighted by atomic mass is 9.83. The summed E-state index contributed by atoms with van der Waals surface area (Å²) < 4.78 is 9.19. The Morgan fingerprint density at radius 2 is 1.71 bits per heavy atom. The van der Waals surface area contributed by atoms with Crippen LogP contribution in [-0.2, 0) is 19.1 Å². The molecule has 7 nitrogen and oxygen atoms in total. The van der Waals surface area contributed by atoms with Gasteiger partial charge in [-0.1, -0.05) is 24.3 Å². The maximum atomic E-state index is 11.9. The van der Waals surface area contributed by atoms with Crippen LogP contribution in [0.3, 0.4) is 0 Å². The molecule has 0 aromatic heterocycles. The van der Waals surface area contributed by atoms with Crippen molar-refractivity contribution >= 4 is 11.9 Å². The molecule has 0 fully saturated rings. The Bertz CT molecular complexity index is 526. The molecule has 1 unspecified atom stereocenters. The van der Waals surface area contributed by atoms with Crippen LogP contribution in [0.15, 0.2) is 24.3 Å². The number of ether oxygens (including phenoxy) is 2. The van der Waals surface area contributed by atoms with E-state index in [4.69, 9.17) is 0 Å². The van der Waals surface area contributed by atoms with Crippen molar-refractivity contribution in [2.24, 2.45) is 5.92 Å². The van der Waals surface area contributed by atoms with Gasteiger partial charge in [-0.05, 0) is 18.1 Å². The van der Waals surface area contributed by atoms with Crippen molar-refractivity contribution in [1.29, 1.82) is 0 Å². The first-order valence-electron chi connectivity index (χ1n) is 6.25. The smallest absolute Gasteiger partial charge is 0.320 e. The van der Waals surface area contributed by atoms with E-state index in [1.807, 2.05) is 0 Å². The van der Waals surface area contributed by atoms with Crippen LogP contribution in [0.5, 0.6) is 0 Å². The van der Waals surface area contributed by atoms with E-state index < -0.39 is 35.2 Å². The number of nitrogens with zero attached hydrogens (tertiary/aromatic N) is 1. The van der Waals surface area contributed by atoms with Gasteiger partial charge in [0.05, 0.1) is 20.1 Å². The second-order valence-electron chi connectivity index (χ2n) is 4.50. The van der Waals surface area contributed by atoms with Gasteiger partial charge in [-0.2, -0.15) is 0 Å². The topological polar surface area (TPSA) is 95.7 Å². The van der Waals surface area contributed by atoms with Crippen molar-refractivity contribution in [1.82, 2.24) is 0 Å². The third-order valence-corrected chi connectivity index (χ3v) is 3.25. The number of benzene rings is 1. The third kappa shape index (κ3) is 4.01. The SMILES string of the molecule is COC(=O)C(C(=O)OC)C(C[N+](=O)[O-])c1ccccc1C. The summed E-state index contributed by atoms with van der Waals surface area (Å²) in [5.41, 5.74) is 1.30. The second kappa shape index (κ2) is 7.37. The average molecular weight is 295 g/mol. The zero-order valence-electron chi connectivity index (χ0n) is 12.1. The minimum absolute atomic E-state index is 0.551. The maximum absolute atomic E-state index is 11.9. The Morgan fingerprint density at radius 3 is 2.14 bits per heavy atom. The largest absolute Gasteiger partial charge is 0.468 e. The first-order chi connectivity index (χ1) is 9.92. The molecule has 0 radical (unpaired) electrons. The molecule has 0 aliphatic heterocycles. The molecule has 0 aliphatic rings. The average Bonchev–Trinajstić information content (AvgIpc) is 2.46. The predicted molar refractivity (Wildman–Crippen MR) is 73.3 cm³/mol. The van der Waals surface area contributed by atoms with E-state index in [1.54, 1.807) is 31.2 Å². The van der Waals surface area contributed by atoms with E-state index in [-0.39, 0.29) is 0 Å². The number of esters is 2. The fourth-order valence-electron chi connectivity index (χ4n) is 2.23. The van der Waals surface area contributed by atoms with Crippen LogP contribution in [0.25, 0.3) is 0 Å². The van der Waals surface area contributed by atoms with Gasteiger partial charge in [0.25, 0.3) is 0 Å². The van der Waals surface area contributed by atoms with Gasteiger partial charge in [-0.25, -0.2) is 0 Å². The molecule has 0 bridgehead atoms. The van der Waals surface area contributed by atoms with Crippen molar-refractivity contribution in [3.8, 4) is 0 Å². The lowest BCUT2D eigenvalue weighted by Gasteiger charge is -2.22. The summed E-state index contributed by atoms with van der Waals surface area (Å²) >= 11 is 0. The molecule has 0 saturated heterocycles. The van der Waals surface area contributed by atoms with Gasteiger partial charge in [-0.15, -0.1) is 0 Å². The normalized spacial score (nSPS) is 11.8. The number of rotatable bonds is 6. The summed E-state index contributed by atoms with van der Waals surface area (Å²) in [6.07, 6.45) is 0. The number of carbonyl (C=O) groups excluding carboxylic acids is 2. The van der Waals surface area contributed by atoms with Crippen molar-refractivity contribution in [2.75, 3.05) is 20.8 Å². The summed E-state index contributed by atoms with van der Waals surface area (Å²) in [4.78, 5) is 34.1. The number of hydrogen-bond donors (Lipinski definition) is 0. The van der Waals surface area contributed by atoms with Crippen LogP contribution in [-0.4, -0.2) is 37.6 Å². The highest BCUT2D eigenvalue weighted by Crippen LogP contribution is 2.29. The highest BCUT2D eigenvalue weighted by molar-refractivity contribution is 5.96. The van der Waals surface area contributed by atoms with E-state index in [9.17, 15) is 19.7 Å². The molecule has 0 amide bonds. The van der Waals surface area contributed by atoms with Crippen LogP contribution in [0.1, 0.15) is 17.0 Å². The van der Waals surface area contributed by atoms with E-state index in [0.717, 1.165) is 19.8 Å².